The predicted molar refractivity (Wildman–Crippen MR) is 146 cm³/mol. The lowest BCUT2D eigenvalue weighted by Crippen LogP contribution is -2.64. The number of hydrogen-bond donors (Lipinski definition) is 1. The van der Waals surface area contributed by atoms with E-state index in [2.05, 4.69) is 0 Å². The fraction of sp³-hybridized carbons (Fsp3) is 0.719. The number of Topliss-reactive ketones (excluding diaryl/α,β-unsaturated/α-hetero) is 5. The highest BCUT2D eigenvalue weighted by Gasteiger charge is 2.74. The molecule has 4 aliphatic rings. The summed E-state index contributed by atoms with van der Waals surface area (Å²) in [6, 6.07) is 0. The monoisotopic (exact) mass is 570 g/mol. The van der Waals surface area contributed by atoms with Crippen LogP contribution >= 0.6 is 0 Å². The molecule has 224 valence electrons. The van der Waals surface area contributed by atoms with Gasteiger partial charge in [-0.1, -0.05) is 41.5 Å². The minimum absolute atomic E-state index is 0.0157. The lowest BCUT2D eigenvalue weighted by atomic mass is 9.42. The Balaban J connectivity index is 1.89. The van der Waals surface area contributed by atoms with E-state index in [4.69, 9.17) is 4.74 Å². The highest BCUT2D eigenvalue weighted by Crippen LogP contribution is 2.70. The second-order valence-corrected chi connectivity index (χ2v) is 14.2. The highest BCUT2D eigenvalue weighted by atomic mass is 16.5. The summed E-state index contributed by atoms with van der Waals surface area (Å²) in [4.78, 5) is 92.3. The van der Waals surface area contributed by atoms with Gasteiger partial charge < -0.3 is 9.84 Å². The Morgan fingerprint density at radius 1 is 0.927 bits per heavy atom. The molecule has 2 fully saturated rings. The summed E-state index contributed by atoms with van der Waals surface area (Å²) >= 11 is 0. The van der Waals surface area contributed by atoms with E-state index in [0.717, 1.165) is 0 Å². The van der Waals surface area contributed by atoms with E-state index in [-0.39, 0.29) is 66.4 Å². The Morgan fingerprint density at radius 3 is 2.10 bits per heavy atom. The van der Waals surface area contributed by atoms with Crippen molar-refractivity contribution in [3.8, 4) is 0 Å². The van der Waals surface area contributed by atoms with E-state index < -0.39 is 69.2 Å². The molecule has 2 saturated carbocycles. The van der Waals surface area contributed by atoms with Gasteiger partial charge in [0, 0.05) is 66.4 Å². The number of allylic oxidation sites excluding steroid dienone is 1. The molecule has 1 N–H and O–H groups in total. The molecule has 0 heterocycles. The topological polar surface area (TPSA) is 149 Å². The van der Waals surface area contributed by atoms with Gasteiger partial charge in [-0.25, -0.2) is 0 Å². The third-order valence-electron chi connectivity index (χ3n) is 11.5. The fourth-order valence-electron chi connectivity index (χ4n) is 8.99. The van der Waals surface area contributed by atoms with Crippen LogP contribution in [0.2, 0.25) is 0 Å². The van der Waals surface area contributed by atoms with Crippen LogP contribution in [0, 0.1) is 45.3 Å². The van der Waals surface area contributed by atoms with E-state index in [1.165, 1.54) is 13.8 Å². The molecule has 9 heteroatoms. The molecule has 4 aliphatic carbocycles. The van der Waals surface area contributed by atoms with Crippen molar-refractivity contribution < 1.29 is 43.4 Å². The van der Waals surface area contributed by atoms with Gasteiger partial charge in [-0.05, 0) is 31.1 Å². The molecule has 9 nitrogen and oxygen atoms in total. The summed E-state index contributed by atoms with van der Waals surface area (Å²) < 4.78 is 5.78. The van der Waals surface area contributed by atoms with Gasteiger partial charge in [-0.15, -0.1) is 0 Å². The molecule has 0 aromatic heterocycles. The van der Waals surface area contributed by atoms with Gasteiger partial charge in [-0.3, -0.25) is 33.6 Å². The van der Waals surface area contributed by atoms with Crippen LogP contribution in [0.1, 0.15) is 93.9 Å². The van der Waals surface area contributed by atoms with E-state index in [9.17, 15) is 38.7 Å². The van der Waals surface area contributed by atoms with Gasteiger partial charge in [0.1, 0.15) is 17.3 Å². The van der Waals surface area contributed by atoms with Crippen LogP contribution in [0.3, 0.4) is 0 Å². The summed E-state index contributed by atoms with van der Waals surface area (Å²) in [7, 11) is 0. The molecule has 4 rings (SSSR count). The Labute approximate surface area is 240 Å². The van der Waals surface area contributed by atoms with E-state index in [0.29, 0.717) is 6.42 Å². The molecule has 8 atom stereocenters. The van der Waals surface area contributed by atoms with Crippen molar-refractivity contribution in [2.45, 2.75) is 100 Å². The van der Waals surface area contributed by atoms with Crippen molar-refractivity contribution in [3.63, 3.8) is 0 Å². The normalized spacial score (nSPS) is 37.6. The van der Waals surface area contributed by atoms with Crippen LogP contribution < -0.4 is 0 Å². The maximum Gasteiger partial charge on any atom is 0.306 e. The molecule has 0 radical (unpaired) electrons. The molecule has 0 aromatic carbocycles. The maximum absolute atomic E-state index is 14.6. The first-order valence-corrected chi connectivity index (χ1v) is 14.6. The van der Waals surface area contributed by atoms with Gasteiger partial charge in [0.25, 0.3) is 0 Å². The van der Waals surface area contributed by atoms with Crippen molar-refractivity contribution >= 4 is 40.9 Å². The second kappa shape index (κ2) is 9.80. The minimum Gasteiger partial charge on any atom is -0.481 e. The van der Waals surface area contributed by atoms with E-state index in [1.807, 2.05) is 6.92 Å². The number of carbonyl (C=O) groups is 7. The van der Waals surface area contributed by atoms with Gasteiger partial charge in [-0.2, -0.15) is 0 Å². The summed E-state index contributed by atoms with van der Waals surface area (Å²) in [5.41, 5.74) is -4.09. The molecule has 0 unspecified atom stereocenters. The summed E-state index contributed by atoms with van der Waals surface area (Å²) in [5, 5.41) is 9.23. The quantitative estimate of drug-likeness (QED) is 0.447. The zero-order valence-corrected chi connectivity index (χ0v) is 25.3. The third kappa shape index (κ3) is 4.20. The molecule has 0 aliphatic heterocycles. The van der Waals surface area contributed by atoms with Crippen LogP contribution in [0.4, 0.5) is 0 Å². The molecule has 0 spiro atoms. The van der Waals surface area contributed by atoms with Crippen molar-refractivity contribution in [1.82, 2.24) is 0 Å². The average molecular weight is 571 g/mol. The summed E-state index contributed by atoms with van der Waals surface area (Å²) in [6.45, 7) is 13.3. The highest BCUT2D eigenvalue weighted by molar-refractivity contribution is 6.18. The van der Waals surface area contributed by atoms with Gasteiger partial charge >= 0.3 is 11.9 Å². The Hall–Kier alpha value is -2.97. The molecule has 41 heavy (non-hydrogen) atoms. The lowest BCUT2D eigenvalue weighted by Gasteiger charge is -2.59. The van der Waals surface area contributed by atoms with Gasteiger partial charge in [0.2, 0.25) is 5.78 Å². The Kier molecular flexibility index (Phi) is 7.41. The standard InChI is InChI=1S/C32H42O9/c1-15(11-18(34)12-16(2)28(39)40)19-13-23(37)32(8)24-20(35)14-21-29(4,5)22(36)9-10-30(21,6)25(24)26(38)27(31(19,32)7)41-17(3)33/h15-16,19,21,27H,9-14H2,1-8H3,(H,39,40)/t15-,16+,19+,21-,27+,30-,31-,32-/m0/s1. The SMILES string of the molecule is CC(=O)O[C@@H]1C(=O)C2=C(C(=O)C[C@H]3C(C)(C)C(=O)CC[C@]23C)[C@]2(C)C(=O)C[C@H]([C@@H](C)CC(=O)C[C@@H](C)C(=O)O)[C@@]12C. The van der Waals surface area contributed by atoms with E-state index >= 15 is 0 Å². The minimum atomic E-state index is -1.46. The predicted octanol–water partition coefficient (Wildman–Crippen LogP) is 4.09. The average Bonchev–Trinajstić information content (AvgIpc) is 3.07. The van der Waals surface area contributed by atoms with Crippen molar-refractivity contribution in [3.05, 3.63) is 11.1 Å². The first kappa shape index (κ1) is 31.0. The smallest absolute Gasteiger partial charge is 0.306 e. The number of ether oxygens (including phenoxy) is 1. The molecular formula is C32H42O9. The fourth-order valence-corrected chi connectivity index (χ4v) is 8.99. The van der Waals surface area contributed by atoms with Gasteiger partial charge in [0.15, 0.2) is 11.9 Å². The maximum atomic E-state index is 14.6. The third-order valence-corrected chi connectivity index (χ3v) is 11.5. The van der Waals surface area contributed by atoms with E-state index in [1.54, 1.807) is 34.6 Å². The molecule has 0 saturated heterocycles. The van der Waals surface area contributed by atoms with Crippen LogP contribution in [-0.2, 0) is 38.3 Å². The molecular weight excluding hydrogens is 528 g/mol. The van der Waals surface area contributed by atoms with Crippen LogP contribution in [0.5, 0.6) is 0 Å². The Morgan fingerprint density at radius 2 is 1.54 bits per heavy atom. The number of ketones is 5. The number of esters is 1. The number of carboxylic acids is 1. The van der Waals surface area contributed by atoms with Crippen LogP contribution in [0.15, 0.2) is 11.1 Å². The van der Waals surface area contributed by atoms with Crippen LogP contribution in [-0.4, -0.2) is 52.1 Å². The number of carboxylic acid groups (broad SMARTS) is 1. The second-order valence-electron chi connectivity index (χ2n) is 14.2. The molecule has 0 bridgehead atoms. The zero-order valence-electron chi connectivity index (χ0n) is 25.3. The molecule has 0 amide bonds. The lowest BCUT2D eigenvalue weighted by molar-refractivity contribution is -0.175. The largest absolute Gasteiger partial charge is 0.481 e. The van der Waals surface area contributed by atoms with Crippen molar-refractivity contribution in [2.24, 2.45) is 45.3 Å². The summed E-state index contributed by atoms with van der Waals surface area (Å²) in [5.74, 6) is -5.46. The van der Waals surface area contributed by atoms with Crippen molar-refractivity contribution in [1.29, 1.82) is 0 Å². The number of carbonyl (C=O) groups excluding carboxylic acids is 6. The van der Waals surface area contributed by atoms with Gasteiger partial charge in [0.05, 0.1) is 11.3 Å². The Bertz CT molecular complexity index is 1300. The number of aliphatic carboxylic acids is 1. The van der Waals surface area contributed by atoms with Crippen molar-refractivity contribution in [2.75, 3.05) is 0 Å². The number of fused-ring (bicyclic) bond motifs is 4. The summed E-state index contributed by atoms with van der Waals surface area (Å²) in [6.07, 6.45) is -0.948. The van der Waals surface area contributed by atoms with Crippen LogP contribution in [0.25, 0.3) is 0 Å². The number of hydrogen-bond acceptors (Lipinski definition) is 8. The first-order chi connectivity index (χ1) is 18.8. The zero-order chi connectivity index (χ0) is 31.0. The number of rotatable bonds is 7. The molecule has 0 aromatic rings. The first-order valence-electron chi connectivity index (χ1n) is 14.6.